The maximum atomic E-state index is 5.92. The number of fused-ring (bicyclic) bond motifs is 2. The predicted molar refractivity (Wildman–Crippen MR) is 64.5 cm³/mol. The zero-order valence-electron chi connectivity index (χ0n) is 8.83. The third-order valence-electron chi connectivity index (χ3n) is 3.04. The molecule has 0 amide bonds. The fourth-order valence-corrected chi connectivity index (χ4v) is 2.48. The number of hydrogen-bond donors (Lipinski definition) is 0. The summed E-state index contributed by atoms with van der Waals surface area (Å²) in [6.07, 6.45) is 1.19. The van der Waals surface area contributed by atoms with Crippen LogP contribution in [0.4, 0.5) is 0 Å². The summed E-state index contributed by atoms with van der Waals surface area (Å²) >= 11 is 5.12. The van der Waals surface area contributed by atoms with Crippen molar-refractivity contribution in [1.29, 1.82) is 0 Å². The van der Waals surface area contributed by atoms with Gasteiger partial charge in [-0.3, -0.25) is 0 Å². The van der Waals surface area contributed by atoms with Crippen LogP contribution in [0.2, 0.25) is 0 Å². The normalized spacial score (nSPS) is 27.8. The summed E-state index contributed by atoms with van der Waals surface area (Å²) in [5.74, 6) is 0.905. The number of para-hydroxylation sites is 1. The summed E-state index contributed by atoms with van der Waals surface area (Å²) in [5.41, 5.74) is 0. The molecule has 4 heteroatoms. The lowest BCUT2D eigenvalue weighted by atomic mass is 10.1. The Labute approximate surface area is 100.0 Å². The molecule has 2 fully saturated rings. The molecule has 1 aromatic rings. The first-order valence-electron chi connectivity index (χ1n) is 5.50. The van der Waals surface area contributed by atoms with E-state index in [1.165, 1.54) is 0 Å². The Morgan fingerprint density at radius 2 is 2.12 bits per heavy atom. The van der Waals surface area contributed by atoms with Crippen LogP contribution in [-0.4, -0.2) is 35.4 Å². The van der Waals surface area contributed by atoms with Gasteiger partial charge < -0.3 is 14.4 Å². The molecule has 2 aliphatic heterocycles. The van der Waals surface area contributed by atoms with Gasteiger partial charge in [0.2, 0.25) is 0 Å². The van der Waals surface area contributed by atoms with E-state index in [-0.39, 0.29) is 12.2 Å². The Morgan fingerprint density at radius 1 is 1.31 bits per heavy atom. The van der Waals surface area contributed by atoms with Crippen molar-refractivity contribution in [3.05, 3.63) is 30.3 Å². The largest absolute Gasteiger partial charge is 0.486 e. The zero-order chi connectivity index (χ0) is 11.0. The van der Waals surface area contributed by atoms with Gasteiger partial charge in [0.1, 0.15) is 11.9 Å². The highest BCUT2D eigenvalue weighted by atomic mass is 32.1. The number of piperidine rings is 1. The second kappa shape index (κ2) is 3.94. The van der Waals surface area contributed by atoms with E-state index in [0.717, 1.165) is 25.3 Å². The second-order valence-electron chi connectivity index (χ2n) is 4.13. The molecule has 84 valence electrons. The van der Waals surface area contributed by atoms with Crippen molar-refractivity contribution >= 4 is 17.4 Å². The topological polar surface area (TPSA) is 21.7 Å². The zero-order valence-corrected chi connectivity index (χ0v) is 9.65. The minimum absolute atomic E-state index is 0.0986. The van der Waals surface area contributed by atoms with Crippen molar-refractivity contribution in [1.82, 2.24) is 4.90 Å². The molecule has 0 radical (unpaired) electrons. The summed E-state index contributed by atoms with van der Waals surface area (Å²) in [6, 6.07) is 9.88. The molecule has 2 aliphatic rings. The van der Waals surface area contributed by atoms with Crippen LogP contribution in [-0.2, 0) is 4.74 Å². The predicted octanol–water partition coefficient (Wildman–Crippen LogP) is 1.82. The molecule has 0 aliphatic carbocycles. The summed E-state index contributed by atoms with van der Waals surface area (Å²) in [4.78, 5) is 2.10. The average molecular weight is 235 g/mol. The van der Waals surface area contributed by atoms with Gasteiger partial charge in [0.25, 0.3) is 5.17 Å². The molecular weight excluding hydrogens is 222 g/mol. The molecule has 2 saturated heterocycles. The summed E-state index contributed by atoms with van der Waals surface area (Å²) in [7, 11) is 0. The molecule has 0 N–H and O–H groups in total. The number of thiocarbonyl (C=S) groups is 1. The minimum atomic E-state index is 0.0986. The standard InChI is InChI=1S/C12H13NO2S/c16-12-13-7-6-10(11(8-13)15-12)14-9-4-2-1-3-5-9/h1-5,10-11H,6-8H2/t10-,11+/m0/s1. The molecular formula is C12H13NO2S. The summed E-state index contributed by atoms with van der Waals surface area (Å²) in [5, 5.41) is 0.629. The van der Waals surface area contributed by atoms with E-state index >= 15 is 0 Å². The second-order valence-corrected chi connectivity index (χ2v) is 4.48. The van der Waals surface area contributed by atoms with E-state index in [0.29, 0.717) is 5.17 Å². The van der Waals surface area contributed by atoms with Crippen LogP contribution in [0.5, 0.6) is 5.75 Å². The molecule has 2 heterocycles. The molecule has 0 spiro atoms. The van der Waals surface area contributed by atoms with Crippen molar-refractivity contribution in [2.45, 2.75) is 18.6 Å². The van der Waals surface area contributed by atoms with E-state index in [1.807, 2.05) is 30.3 Å². The maximum absolute atomic E-state index is 5.92. The Hall–Kier alpha value is -1.29. The van der Waals surface area contributed by atoms with Gasteiger partial charge in [-0.15, -0.1) is 0 Å². The van der Waals surface area contributed by atoms with Crippen LogP contribution in [0, 0.1) is 0 Å². The van der Waals surface area contributed by atoms with E-state index in [2.05, 4.69) is 4.90 Å². The van der Waals surface area contributed by atoms with Crippen molar-refractivity contribution in [3.63, 3.8) is 0 Å². The van der Waals surface area contributed by atoms with Crippen molar-refractivity contribution in [2.75, 3.05) is 13.1 Å². The van der Waals surface area contributed by atoms with E-state index in [1.54, 1.807) is 0 Å². The smallest absolute Gasteiger partial charge is 0.259 e. The Morgan fingerprint density at radius 3 is 2.94 bits per heavy atom. The maximum Gasteiger partial charge on any atom is 0.259 e. The minimum Gasteiger partial charge on any atom is -0.486 e. The Kier molecular flexibility index (Phi) is 2.44. The van der Waals surface area contributed by atoms with Gasteiger partial charge in [-0.05, 0) is 24.4 Å². The molecule has 0 saturated carbocycles. The highest BCUT2D eigenvalue weighted by Crippen LogP contribution is 2.26. The van der Waals surface area contributed by atoms with Crippen molar-refractivity contribution < 1.29 is 9.47 Å². The molecule has 3 rings (SSSR count). The van der Waals surface area contributed by atoms with Crippen LogP contribution in [0.25, 0.3) is 0 Å². The monoisotopic (exact) mass is 235 g/mol. The molecule has 2 atom stereocenters. The molecule has 0 aromatic heterocycles. The lowest BCUT2D eigenvalue weighted by molar-refractivity contribution is 0.0478. The Balaban J connectivity index is 1.70. The fourth-order valence-electron chi connectivity index (χ4n) is 2.19. The third kappa shape index (κ3) is 1.73. The van der Waals surface area contributed by atoms with E-state index in [4.69, 9.17) is 21.7 Å². The molecule has 3 nitrogen and oxygen atoms in total. The van der Waals surface area contributed by atoms with Gasteiger partial charge in [-0.25, -0.2) is 0 Å². The van der Waals surface area contributed by atoms with Crippen LogP contribution in [0.15, 0.2) is 30.3 Å². The lowest BCUT2D eigenvalue weighted by Gasteiger charge is -2.28. The quantitative estimate of drug-likeness (QED) is 0.729. The van der Waals surface area contributed by atoms with Gasteiger partial charge in [0, 0.05) is 13.0 Å². The highest BCUT2D eigenvalue weighted by molar-refractivity contribution is 7.80. The van der Waals surface area contributed by atoms with Gasteiger partial charge in [0.15, 0.2) is 6.10 Å². The number of hydrogen-bond acceptors (Lipinski definition) is 3. The lowest BCUT2D eigenvalue weighted by Crippen LogP contribution is -2.42. The Bertz CT molecular complexity index is 395. The first-order valence-corrected chi connectivity index (χ1v) is 5.91. The summed E-state index contributed by atoms with van der Waals surface area (Å²) < 4.78 is 11.5. The first kappa shape index (κ1) is 9.90. The van der Waals surface area contributed by atoms with Crippen molar-refractivity contribution in [3.8, 4) is 5.75 Å². The van der Waals surface area contributed by atoms with E-state index in [9.17, 15) is 0 Å². The fraction of sp³-hybridized carbons (Fsp3) is 0.417. The molecule has 16 heavy (non-hydrogen) atoms. The number of rotatable bonds is 2. The van der Waals surface area contributed by atoms with Crippen LogP contribution in [0.1, 0.15) is 6.42 Å². The van der Waals surface area contributed by atoms with Gasteiger partial charge in [-0.1, -0.05) is 18.2 Å². The highest BCUT2D eigenvalue weighted by Gasteiger charge is 2.40. The molecule has 0 unspecified atom stereocenters. The molecule has 2 bridgehead atoms. The number of ether oxygens (including phenoxy) is 2. The number of nitrogens with zero attached hydrogens (tertiary/aromatic N) is 1. The average Bonchev–Trinajstić information content (AvgIpc) is 2.61. The molecule has 1 aromatic carbocycles. The van der Waals surface area contributed by atoms with Gasteiger partial charge in [-0.2, -0.15) is 0 Å². The van der Waals surface area contributed by atoms with Gasteiger partial charge in [0.05, 0.1) is 6.54 Å². The third-order valence-corrected chi connectivity index (χ3v) is 3.39. The number of benzene rings is 1. The van der Waals surface area contributed by atoms with Gasteiger partial charge >= 0.3 is 0 Å². The van der Waals surface area contributed by atoms with Crippen LogP contribution < -0.4 is 4.74 Å². The first-order chi connectivity index (χ1) is 7.83. The van der Waals surface area contributed by atoms with Crippen LogP contribution >= 0.6 is 12.2 Å². The summed E-state index contributed by atoms with van der Waals surface area (Å²) in [6.45, 7) is 1.81. The van der Waals surface area contributed by atoms with Crippen LogP contribution in [0.3, 0.4) is 0 Å². The van der Waals surface area contributed by atoms with Crippen molar-refractivity contribution in [2.24, 2.45) is 0 Å². The SMILES string of the molecule is S=C1O[C@@H]2CN1CC[C@@H]2Oc1ccccc1. The van der Waals surface area contributed by atoms with E-state index < -0.39 is 0 Å².